The summed E-state index contributed by atoms with van der Waals surface area (Å²) in [6.07, 6.45) is 0. The molecule has 0 atom stereocenters. The Morgan fingerprint density at radius 3 is 2.93 bits per heavy atom. The van der Waals surface area contributed by atoms with Crippen molar-refractivity contribution in [2.75, 3.05) is 0 Å². The Labute approximate surface area is 92.2 Å². The number of thioether (sulfide) groups is 1. The first kappa shape index (κ1) is 9.74. The van der Waals surface area contributed by atoms with Gasteiger partial charge in [-0.3, -0.25) is 0 Å². The fraction of sp³-hybridized carbons (Fsp3) is 0.182. The van der Waals surface area contributed by atoms with Gasteiger partial charge in [0.2, 0.25) is 0 Å². The SMILES string of the molecule is Cc1ccccc1SCc1cscn1. The molecular formula is C11H11NS2. The molecule has 0 saturated carbocycles. The van der Waals surface area contributed by atoms with Crippen molar-refractivity contribution in [1.29, 1.82) is 0 Å². The minimum absolute atomic E-state index is 0.967. The highest BCUT2D eigenvalue weighted by Crippen LogP contribution is 2.25. The normalized spacial score (nSPS) is 10.4. The van der Waals surface area contributed by atoms with Gasteiger partial charge in [0.15, 0.2) is 0 Å². The number of benzene rings is 1. The van der Waals surface area contributed by atoms with E-state index in [0.717, 1.165) is 5.75 Å². The van der Waals surface area contributed by atoms with Gasteiger partial charge in [0.25, 0.3) is 0 Å². The predicted molar refractivity (Wildman–Crippen MR) is 62.9 cm³/mol. The van der Waals surface area contributed by atoms with Gasteiger partial charge >= 0.3 is 0 Å². The highest BCUT2D eigenvalue weighted by Gasteiger charge is 1.99. The van der Waals surface area contributed by atoms with E-state index in [-0.39, 0.29) is 0 Å². The fourth-order valence-electron chi connectivity index (χ4n) is 1.18. The van der Waals surface area contributed by atoms with Crippen molar-refractivity contribution in [3.63, 3.8) is 0 Å². The van der Waals surface area contributed by atoms with Crippen LogP contribution in [0.15, 0.2) is 40.1 Å². The molecule has 0 saturated heterocycles. The number of aryl methyl sites for hydroxylation is 1. The van der Waals surface area contributed by atoms with E-state index in [1.54, 1.807) is 11.3 Å². The Bertz CT molecular complexity index is 395. The lowest BCUT2D eigenvalue weighted by atomic mass is 10.2. The van der Waals surface area contributed by atoms with Crippen molar-refractivity contribution >= 4 is 23.1 Å². The summed E-state index contributed by atoms with van der Waals surface area (Å²) in [4.78, 5) is 5.61. The van der Waals surface area contributed by atoms with Gasteiger partial charge in [0.05, 0.1) is 11.2 Å². The molecule has 0 aliphatic heterocycles. The first-order chi connectivity index (χ1) is 6.86. The van der Waals surface area contributed by atoms with Gasteiger partial charge in [0.1, 0.15) is 0 Å². The number of hydrogen-bond acceptors (Lipinski definition) is 3. The highest BCUT2D eigenvalue weighted by molar-refractivity contribution is 7.98. The molecule has 2 rings (SSSR count). The third-order valence-corrected chi connectivity index (χ3v) is 3.80. The minimum atomic E-state index is 0.967. The van der Waals surface area contributed by atoms with Crippen LogP contribution in [-0.2, 0) is 5.75 Å². The third kappa shape index (κ3) is 2.36. The zero-order valence-electron chi connectivity index (χ0n) is 7.93. The summed E-state index contributed by atoms with van der Waals surface area (Å²) in [6, 6.07) is 8.45. The van der Waals surface area contributed by atoms with Crippen molar-refractivity contribution in [2.24, 2.45) is 0 Å². The number of rotatable bonds is 3. The summed E-state index contributed by atoms with van der Waals surface area (Å²) in [5.41, 5.74) is 4.39. The maximum absolute atomic E-state index is 4.26. The molecule has 0 bridgehead atoms. The molecule has 1 aromatic heterocycles. The zero-order valence-corrected chi connectivity index (χ0v) is 9.57. The van der Waals surface area contributed by atoms with E-state index in [1.165, 1.54) is 16.2 Å². The number of thiazole rings is 1. The first-order valence-electron chi connectivity index (χ1n) is 4.42. The van der Waals surface area contributed by atoms with Gasteiger partial charge in [-0.1, -0.05) is 18.2 Å². The molecule has 0 amide bonds. The lowest BCUT2D eigenvalue weighted by molar-refractivity contribution is 1.22. The van der Waals surface area contributed by atoms with E-state index in [9.17, 15) is 0 Å². The Balaban J connectivity index is 2.02. The predicted octanol–water partition coefficient (Wildman–Crippen LogP) is 3.74. The summed E-state index contributed by atoms with van der Waals surface area (Å²) in [5, 5.41) is 2.10. The molecule has 14 heavy (non-hydrogen) atoms. The molecule has 1 aromatic carbocycles. The van der Waals surface area contributed by atoms with Crippen LogP contribution >= 0.6 is 23.1 Å². The van der Waals surface area contributed by atoms with E-state index in [0.29, 0.717) is 0 Å². The van der Waals surface area contributed by atoms with Gasteiger partial charge in [-0.25, -0.2) is 4.98 Å². The van der Waals surface area contributed by atoms with Crippen LogP contribution in [0, 0.1) is 6.92 Å². The van der Waals surface area contributed by atoms with Crippen LogP contribution in [0.3, 0.4) is 0 Å². The van der Waals surface area contributed by atoms with E-state index in [4.69, 9.17) is 0 Å². The highest BCUT2D eigenvalue weighted by atomic mass is 32.2. The molecular weight excluding hydrogens is 210 g/mol. The average molecular weight is 221 g/mol. The van der Waals surface area contributed by atoms with Crippen molar-refractivity contribution in [1.82, 2.24) is 4.98 Å². The smallest absolute Gasteiger partial charge is 0.0795 e. The Kier molecular flexibility index (Phi) is 3.22. The van der Waals surface area contributed by atoms with Crippen LogP contribution in [0.25, 0.3) is 0 Å². The monoisotopic (exact) mass is 221 g/mol. The Morgan fingerprint density at radius 2 is 2.21 bits per heavy atom. The van der Waals surface area contributed by atoms with Gasteiger partial charge in [0, 0.05) is 16.0 Å². The van der Waals surface area contributed by atoms with E-state index < -0.39 is 0 Å². The van der Waals surface area contributed by atoms with Crippen LogP contribution in [0.5, 0.6) is 0 Å². The minimum Gasteiger partial charge on any atom is -0.249 e. The molecule has 0 aliphatic carbocycles. The summed E-state index contributed by atoms with van der Waals surface area (Å²) in [5.74, 6) is 0.967. The summed E-state index contributed by atoms with van der Waals surface area (Å²) in [6.45, 7) is 2.14. The van der Waals surface area contributed by atoms with Crippen LogP contribution in [0.4, 0.5) is 0 Å². The Morgan fingerprint density at radius 1 is 1.36 bits per heavy atom. The lowest BCUT2D eigenvalue weighted by Gasteiger charge is -2.02. The van der Waals surface area contributed by atoms with Gasteiger partial charge in [-0.05, 0) is 18.6 Å². The quantitative estimate of drug-likeness (QED) is 0.732. The molecule has 2 aromatic rings. The molecule has 0 radical (unpaired) electrons. The van der Waals surface area contributed by atoms with Crippen LogP contribution in [0.1, 0.15) is 11.3 Å². The molecule has 3 heteroatoms. The second-order valence-electron chi connectivity index (χ2n) is 3.03. The summed E-state index contributed by atoms with van der Waals surface area (Å²) >= 11 is 3.50. The standard InChI is InChI=1S/C11H11NS2/c1-9-4-2-3-5-11(9)14-7-10-6-13-8-12-10/h2-6,8H,7H2,1H3. The molecule has 1 heterocycles. The Hall–Kier alpha value is -0.800. The summed E-state index contributed by atoms with van der Waals surface area (Å²) < 4.78 is 0. The lowest BCUT2D eigenvalue weighted by Crippen LogP contribution is -1.82. The van der Waals surface area contributed by atoms with E-state index >= 15 is 0 Å². The molecule has 1 nitrogen and oxygen atoms in total. The molecule has 0 fully saturated rings. The molecule has 0 spiro atoms. The van der Waals surface area contributed by atoms with E-state index in [2.05, 4.69) is 41.6 Å². The molecule has 72 valence electrons. The molecule has 0 N–H and O–H groups in total. The van der Waals surface area contributed by atoms with Crippen molar-refractivity contribution < 1.29 is 0 Å². The van der Waals surface area contributed by atoms with Crippen molar-refractivity contribution in [3.8, 4) is 0 Å². The van der Waals surface area contributed by atoms with Gasteiger partial charge in [-0.2, -0.15) is 0 Å². The number of hydrogen-bond donors (Lipinski definition) is 0. The largest absolute Gasteiger partial charge is 0.249 e. The zero-order chi connectivity index (χ0) is 9.80. The van der Waals surface area contributed by atoms with Crippen LogP contribution in [0.2, 0.25) is 0 Å². The fourth-order valence-corrected chi connectivity index (χ4v) is 2.77. The van der Waals surface area contributed by atoms with Crippen molar-refractivity contribution in [2.45, 2.75) is 17.6 Å². The number of nitrogens with zero attached hydrogens (tertiary/aromatic N) is 1. The number of aromatic nitrogens is 1. The maximum Gasteiger partial charge on any atom is 0.0795 e. The second-order valence-corrected chi connectivity index (χ2v) is 4.77. The average Bonchev–Trinajstić information content (AvgIpc) is 2.69. The first-order valence-corrected chi connectivity index (χ1v) is 6.34. The second kappa shape index (κ2) is 4.62. The molecule has 0 unspecified atom stereocenters. The maximum atomic E-state index is 4.26. The van der Waals surface area contributed by atoms with Crippen LogP contribution in [-0.4, -0.2) is 4.98 Å². The topological polar surface area (TPSA) is 12.9 Å². The van der Waals surface area contributed by atoms with E-state index in [1.807, 2.05) is 17.3 Å². The van der Waals surface area contributed by atoms with Crippen LogP contribution < -0.4 is 0 Å². The molecule has 0 aliphatic rings. The van der Waals surface area contributed by atoms with Crippen molar-refractivity contribution in [3.05, 3.63) is 46.4 Å². The van der Waals surface area contributed by atoms with Gasteiger partial charge < -0.3 is 0 Å². The summed E-state index contributed by atoms with van der Waals surface area (Å²) in [7, 11) is 0. The van der Waals surface area contributed by atoms with Gasteiger partial charge in [-0.15, -0.1) is 23.1 Å². The third-order valence-electron chi connectivity index (χ3n) is 1.95.